The Bertz CT molecular complexity index is 1280. The lowest BCUT2D eigenvalue weighted by Crippen LogP contribution is -2.53. The number of hydrogen-bond donors (Lipinski definition) is 1. The second-order valence-electron chi connectivity index (χ2n) is 9.58. The molecule has 1 saturated carbocycles. The fraction of sp³-hybridized carbons (Fsp3) is 0.481. The van der Waals surface area contributed by atoms with Crippen molar-refractivity contribution < 1.29 is 27.5 Å². The number of ether oxygens (including phenoxy) is 2. The van der Waals surface area contributed by atoms with E-state index < -0.39 is 28.5 Å². The molecule has 12 heteroatoms. The Morgan fingerprint density at radius 3 is 2.33 bits per heavy atom. The summed E-state index contributed by atoms with van der Waals surface area (Å²) in [6, 6.07) is 8.63. The highest BCUT2D eigenvalue weighted by atomic mass is 35.5. The van der Waals surface area contributed by atoms with E-state index in [2.05, 4.69) is 5.32 Å². The van der Waals surface area contributed by atoms with E-state index in [1.807, 2.05) is 0 Å². The Labute approximate surface area is 240 Å². The molecule has 1 aliphatic rings. The molecule has 2 aromatic rings. The summed E-state index contributed by atoms with van der Waals surface area (Å²) < 4.78 is 37.3. The first kappa shape index (κ1) is 30.8. The van der Waals surface area contributed by atoms with Crippen molar-refractivity contribution in [3.05, 3.63) is 52.0 Å². The van der Waals surface area contributed by atoms with Gasteiger partial charge in [-0.1, -0.05) is 48.5 Å². The molecular formula is C27H35Cl2N3O6S. The molecule has 2 amide bonds. The first-order valence-electron chi connectivity index (χ1n) is 12.7. The molecule has 2 aromatic carbocycles. The van der Waals surface area contributed by atoms with Crippen LogP contribution in [0.5, 0.6) is 11.5 Å². The third kappa shape index (κ3) is 8.16. The van der Waals surface area contributed by atoms with Crippen molar-refractivity contribution in [2.24, 2.45) is 0 Å². The SMILES string of the molecule is COc1ccc(N(CC(=O)N(Cc2ccc(Cl)cc2Cl)[C@H](C)C(=O)NC2CCCCC2)S(C)(=O)=O)c(OC)c1. The minimum atomic E-state index is -3.93. The van der Waals surface area contributed by atoms with Crippen LogP contribution in [0.1, 0.15) is 44.6 Å². The van der Waals surface area contributed by atoms with E-state index in [4.69, 9.17) is 32.7 Å². The number of anilines is 1. The Morgan fingerprint density at radius 1 is 1.05 bits per heavy atom. The molecule has 0 spiro atoms. The van der Waals surface area contributed by atoms with Crippen LogP contribution in [-0.2, 0) is 26.2 Å². The highest BCUT2D eigenvalue weighted by Crippen LogP contribution is 2.34. The van der Waals surface area contributed by atoms with Crippen LogP contribution in [0.3, 0.4) is 0 Å². The molecule has 1 atom stereocenters. The largest absolute Gasteiger partial charge is 0.497 e. The number of rotatable bonds is 11. The molecule has 1 aliphatic carbocycles. The Morgan fingerprint density at radius 2 is 1.74 bits per heavy atom. The first-order chi connectivity index (χ1) is 18.4. The highest BCUT2D eigenvalue weighted by molar-refractivity contribution is 7.92. The van der Waals surface area contributed by atoms with E-state index in [1.165, 1.54) is 31.3 Å². The third-order valence-electron chi connectivity index (χ3n) is 6.81. The summed E-state index contributed by atoms with van der Waals surface area (Å²) in [4.78, 5) is 28.4. The zero-order valence-electron chi connectivity index (χ0n) is 22.6. The van der Waals surface area contributed by atoms with Gasteiger partial charge in [0.2, 0.25) is 21.8 Å². The van der Waals surface area contributed by atoms with Gasteiger partial charge in [0.05, 0.1) is 26.2 Å². The molecule has 0 aliphatic heterocycles. The summed E-state index contributed by atoms with van der Waals surface area (Å²) in [5.74, 6) is -0.228. The molecule has 39 heavy (non-hydrogen) atoms. The van der Waals surface area contributed by atoms with E-state index in [9.17, 15) is 18.0 Å². The molecule has 3 rings (SSSR count). The lowest BCUT2D eigenvalue weighted by molar-refractivity contribution is -0.139. The maximum atomic E-state index is 13.8. The Kier molecular flexibility index (Phi) is 10.7. The van der Waals surface area contributed by atoms with Gasteiger partial charge in [-0.2, -0.15) is 0 Å². The number of amides is 2. The van der Waals surface area contributed by atoms with Crippen molar-refractivity contribution in [2.45, 2.75) is 57.7 Å². The Hall–Kier alpha value is -2.69. The van der Waals surface area contributed by atoms with Crippen molar-refractivity contribution in [3.8, 4) is 11.5 Å². The number of nitrogens with one attached hydrogen (secondary N) is 1. The molecule has 0 saturated heterocycles. The van der Waals surface area contributed by atoms with Crippen LogP contribution in [0.25, 0.3) is 0 Å². The first-order valence-corrected chi connectivity index (χ1v) is 15.3. The van der Waals surface area contributed by atoms with Gasteiger partial charge in [0.1, 0.15) is 24.1 Å². The average molecular weight is 601 g/mol. The van der Waals surface area contributed by atoms with Crippen molar-refractivity contribution in [1.29, 1.82) is 0 Å². The summed E-state index contributed by atoms with van der Waals surface area (Å²) >= 11 is 12.5. The van der Waals surface area contributed by atoms with Gasteiger partial charge >= 0.3 is 0 Å². The minimum absolute atomic E-state index is 0.0224. The average Bonchev–Trinajstić information content (AvgIpc) is 2.90. The van der Waals surface area contributed by atoms with Crippen LogP contribution in [0.2, 0.25) is 10.0 Å². The highest BCUT2D eigenvalue weighted by Gasteiger charge is 2.32. The van der Waals surface area contributed by atoms with Gasteiger partial charge < -0.3 is 19.7 Å². The van der Waals surface area contributed by atoms with Gasteiger partial charge in [-0.25, -0.2) is 8.42 Å². The number of halogens is 2. The standard InChI is InChI=1S/C27H35Cl2N3O6S/c1-18(27(34)30-21-8-6-5-7-9-21)31(16-19-10-11-20(28)14-23(19)29)26(33)17-32(39(4,35)36)24-13-12-22(37-2)15-25(24)38-3/h10-15,18,21H,5-9,16-17H2,1-4H3,(H,30,34)/t18-/m1/s1. The molecule has 214 valence electrons. The van der Waals surface area contributed by atoms with Gasteiger partial charge in [-0.3, -0.25) is 13.9 Å². The van der Waals surface area contributed by atoms with Crippen molar-refractivity contribution in [1.82, 2.24) is 10.2 Å². The fourth-order valence-corrected chi connectivity index (χ4v) is 5.89. The summed E-state index contributed by atoms with van der Waals surface area (Å²) in [6.07, 6.45) is 5.98. The van der Waals surface area contributed by atoms with Gasteiger partial charge in [-0.15, -0.1) is 0 Å². The zero-order chi connectivity index (χ0) is 28.7. The van der Waals surface area contributed by atoms with Crippen LogP contribution >= 0.6 is 23.2 Å². The van der Waals surface area contributed by atoms with E-state index in [1.54, 1.807) is 31.2 Å². The van der Waals surface area contributed by atoms with Crippen LogP contribution in [0.4, 0.5) is 5.69 Å². The van der Waals surface area contributed by atoms with Gasteiger partial charge in [-0.05, 0) is 49.6 Å². The van der Waals surface area contributed by atoms with Gasteiger partial charge in [0.15, 0.2) is 0 Å². The predicted octanol–water partition coefficient (Wildman–Crippen LogP) is 4.64. The predicted molar refractivity (Wildman–Crippen MR) is 153 cm³/mol. The summed E-state index contributed by atoms with van der Waals surface area (Å²) in [5.41, 5.74) is 0.734. The molecule has 1 fully saturated rings. The fourth-order valence-electron chi connectivity index (χ4n) is 4.57. The molecule has 0 aromatic heterocycles. The summed E-state index contributed by atoms with van der Waals surface area (Å²) in [7, 11) is -1.06. The van der Waals surface area contributed by atoms with Crippen molar-refractivity contribution >= 4 is 50.7 Å². The lowest BCUT2D eigenvalue weighted by atomic mass is 9.95. The van der Waals surface area contributed by atoms with Gasteiger partial charge in [0, 0.05) is 28.7 Å². The van der Waals surface area contributed by atoms with Gasteiger partial charge in [0.25, 0.3) is 0 Å². The number of hydrogen-bond acceptors (Lipinski definition) is 6. The molecule has 0 heterocycles. The maximum Gasteiger partial charge on any atom is 0.244 e. The van der Waals surface area contributed by atoms with E-state index >= 15 is 0 Å². The van der Waals surface area contributed by atoms with E-state index in [0.717, 1.165) is 42.7 Å². The smallest absolute Gasteiger partial charge is 0.244 e. The van der Waals surface area contributed by atoms with E-state index in [-0.39, 0.29) is 29.9 Å². The number of methoxy groups -OCH3 is 2. The lowest BCUT2D eigenvalue weighted by Gasteiger charge is -2.33. The quantitative estimate of drug-likeness (QED) is 0.403. The number of sulfonamides is 1. The minimum Gasteiger partial charge on any atom is -0.497 e. The van der Waals surface area contributed by atoms with Crippen molar-refractivity contribution in [3.63, 3.8) is 0 Å². The number of carbonyl (C=O) groups is 2. The molecule has 0 radical (unpaired) electrons. The number of nitrogens with zero attached hydrogens (tertiary/aromatic N) is 2. The topological polar surface area (TPSA) is 105 Å². The molecule has 9 nitrogen and oxygen atoms in total. The second-order valence-corrected chi connectivity index (χ2v) is 12.3. The summed E-state index contributed by atoms with van der Waals surface area (Å²) in [5, 5.41) is 3.82. The monoisotopic (exact) mass is 599 g/mol. The molecule has 0 unspecified atom stereocenters. The zero-order valence-corrected chi connectivity index (χ0v) is 24.9. The molecule has 0 bridgehead atoms. The number of carbonyl (C=O) groups excluding carboxylic acids is 2. The van der Waals surface area contributed by atoms with Crippen LogP contribution in [0, 0.1) is 0 Å². The number of benzene rings is 2. The molecule has 1 N–H and O–H groups in total. The summed E-state index contributed by atoms with van der Waals surface area (Å²) in [6.45, 7) is 1.04. The maximum absolute atomic E-state index is 13.8. The van der Waals surface area contributed by atoms with Crippen molar-refractivity contribution in [2.75, 3.05) is 31.3 Å². The van der Waals surface area contributed by atoms with E-state index in [0.29, 0.717) is 21.4 Å². The van der Waals surface area contributed by atoms with Crippen LogP contribution < -0.4 is 19.1 Å². The normalized spacial score (nSPS) is 14.8. The second kappa shape index (κ2) is 13.6. The molecular weight excluding hydrogens is 565 g/mol. The van der Waals surface area contributed by atoms with Crippen LogP contribution in [-0.4, -0.2) is 64.2 Å². The Balaban J connectivity index is 1.95. The third-order valence-corrected chi connectivity index (χ3v) is 8.52. The van der Waals surface area contributed by atoms with Crippen LogP contribution in [0.15, 0.2) is 36.4 Å².